The van der Waals surface area contributed by atoms with E-state index in [1.807, 2.05) is 11.3 Å². The van der Waals surface area contributed by atoms with Crippen LogP contribution >= 0.6 is 11.3 Å². The molecule has 1 aliphatic rings. The standard InChI is InChI=1S/C16H21NOS/c18-10-4-7-14-6-3-9-17(14)12-15-11-13-5-1-2-8-16(13)19-15/h1-2,5,8,11,14,18H,3-4,6-7,9-10,12H2. The second kappa shape index (κ2) is 6.04. The number of hydrogen-bond acceptors (Lipinski definition) is 3. The summed E-state index contributed by atoms with van der Waals surface area (Å²) in [6.45, 7) is 2.62. The van der Waals surface area contributed by atoms with Gasteiger partial charge in [0.15, 0.2) is 0 Å². The van der Waals surface area contributed by atoms with E-state index in [2.05, 4.69) is 35.2 Å². The second-order valence-electron chi connectivity index (χ2n) is 5.38. The highest BCUT2D eigenvalue weighted by Gasteiger charge is 2.24. The van der Waals surface area contributed by atoms with Gasteiger partial charge in [0.25, 0.3) is 0 Å². The molecule has 1 aromatic carbocycles. The number of nitrogens with zero attached hydrogens (tertiary/aromatic N) is 1. The zero-order chi connectivity index (χ0) is 13.1. The number of hydrogen-bond donors (Lipinski definition) is 1. The lowest BCUT2D eigenvalue weighted by molar-refractivity contribution is 0.211. The molecule has 1 atom stereocenters. The molecule has 3 rings (SSSR count). The van der Waals surface area contributed by atoms with E-state index in [1.54, 1.807) is 0 Å². The maximum Gasteiger partial charge on any atom is 0.0431 e. The summed E-state index contributed by atoms with van der Waals surface area (Å²) >= 11 is 1.92. The molecule has 0 aliphatic carbocycles. The lowest BCUT2D eigenvalue weighted by Crippen LogP contribution is -2.28. The Morgan fingerprint density at radius 2 is 2.21 bits per heavy atom. The number of fused-ring (bicyclic) bond motifs is 1. The Balaban J connectivity index is 1.69. The van der Waals surface area contributed by atoms with Crippen molar-refractivity contribution >= 4 is 21.4 Å². The fraction of sp³-hybridized carbons (Fsp3) is 0.500. The highest BCUT2D eigenvalue weighted by atomic mass is 32.1. The zero-order valence-electron chi connectivity index (χ0n) is 11.2. The first-order valence-electron chi connectivity index (χ1n) is 7.19. The number of aliphatic hydroxyl groups excluding tert-OH is 1. The van der Waals surface area contributed by atoms with Crippen LogP contribution in [0, 0.1) is 0 Å². The minimum atomic E-state index is 0.327. The lowest BCUT2D eigenvalue weighted by atomic mass is 10.1. The van der Waals surface area contributed by atoms with Crippen molar-refractivity contribution in [3.8, 4) is 0 Å². The number of aliphatic hydroxyl groups is 1. The van der Waals surface area contributed by atoms with E-state index in [9.17, 15) is 0 Å². The number of thiophene rings is 1. The van der Waals surface area contributed by atoms with E-state index < -0.39 is 0 Å². The van der Waals surface area contributed by atoms with Gasteiger partial charge in [-0.2, -0.15) is 0 Å². The van der Waals surface area contributed by atoms with E-state index >= 15 is 0 Å². The molecule has 0 amide bonds. The van der Waals surface area contributed by atoms with Crippen molar-refractivity contribution in [1.29, 1.82) is 0 Å². The molecular formula is C16H21NOS. The van der Waals surface area contributed by atoms with Gasteiger partial charge in [0, 0.05) is 28.8 Å². The summed E-state index contributed by atoms with van der Waals surface area (Å²) in [6.07, 6.45) is 4.68. The molecule has 0 spiro atoms. The molecule has 1 aromatic heterocycles. The fourth-order valence-electron chi connectivity index (χ4n) is 3.07. The van der Waals surface area contributed by atoms with Crippen molar-refractivity contribution in [2.75, 3.05) is 13.2 Å². The summed E-state index contributed by atoms with van der Waals surface area (Å²) in [7, 11) is 0. The van der Waals surface area contributed by atoms with Crippen LogP contribution in [0.15, 0.2) is 30.3 Å². The Morgan fingerprint density at radius 3 is 3.05 bits per heavy atom. The van der Waals surface area contributed by atoms with Crippen molar-refractivity contribution in [2.45, 2.75) is 38.3 Å². The first-order valence-corrected chi connectivity index (χ1v) is 8.01. The Bertz CT molecular complexity index is 503. The van der Waals surface area contributed by atoms with E-state index in [0.29, 0.717) is 12.6 Å². The molecule has 2 nitrogen and oxygen atoms in total. The van der Waals surface area contributed by atoms with Gasteiger partial charge in [-0.05, 0) is 49.7 Å². The molecule has 19 heavy (non-hydrogen) atoms. The molecule has 3 heteroatoms. The van der Waals surface area contributed by atoms with Gasteiger partial charge in [-0.25, -0.2) is 0 Å². The van der Waals surface area contributed by atoms with Crippen LogP contribution in [-0.2, 0) is 6.54 Å². The SMILES string of the molecule is OCCCC1CCCN1Cc1cc2ccccc2s1. The van der Waals surface area contributed by atoms with Crippen molar-refractivity contribution in [1.82, 2.24) is 4.90 Å². The Kier molecular flexibility index (Phi) is 4.16. The molecule has 0 bridgehead atoms. The van der Waals surface area contributed by atoms with Crippen molar-refractivity contribution in [3.05, 3.63) is 35.2 Å². The predicted molar refractivity (Wildman–Crippen MR) is 81.6 cm³/mol. The molecule has 1 unspecified atom stereocenters. The van der Waals surface area contributed by atoms with E-state index in [-0.39, 0.29) is 0 Å². The van der Waals surface area contributed by atoms with Gasteiger partial charge in [0.1, 0.15) is 0 Å². The average molecular weight is 275 g/mol. The monoisotopic (exact) mass is 275 g/mol. The van der Waals surface area contributed by atoms with Crippen LogP contribution in [0.1, 0.15) is 30.6 Å². The minimum absolute atomic E-state index is 0.327. The third kappa shape index (κ3) is 2.99. The number of rotatable bonds is 5. The Hall–Kier alpha value is -0.900. The molecule has 0 saturated carbocycles. The van der Waals surface area contributed by atoms with Gasteiger partial charge < -0.3 is 5.11 Å². The molecule has 1 N–H and O–H groups in total. The van der Waals surface area contributed by atoms with Crippen LogP contribution in [0.4, 0.5) is 0 Å². The molecule has 0 radical (unpaired) electrons. The van der Waals surface area contributed by atoms with Crippen molar-refractivity contribution < 1.29 is 5.11 Å². The van der Waals surface area contributed by atoms with E-state index in [4.69, 9.17) is 5.11 Å². The summed E-state index contributed by atoms with van der Waals surface area (Å²) in [5, 5.41) is 10.4. The fourth-order valence-corrected chi connectivity index (χ4v) is 4.16. The quantitative estimate of drug-likeness (QED) is 0.900. The maximum atomic E-state index is 8.98. The van der Waals surface area contributed by atoms with Gasteiger partial charge in [-0.3, -0.25) is 4.90 Å². The number of likely N-dealkylation sites (tertiary alicyclic amines) is 1. The molecule has 1 saturated heterocycles. The van der Waals surface area contributed by atoms with Crippen LogP contribution < -0.4 is 0 Å². The summed E-state index contributed by atoms with van der Waals surface area (Å²) in [4.78, 5) is 4.07. The van der Waals surface area contributed by atoms with Crippen LogP contribution in [-0.4, -0.2) is 29.2 Å². The molecular weight excluding hydrogens is 254 g/mol. The summed E-state index contributed by atoms with van der Waals surface area (Å²) < 4.78 is 1.39. The summed E-state index contributed by atoms with van der Waals surface area (Å²) in [5.74, 6) is 0. The highest BCUT2D eigenvalue weighted by molar-refractivity contribution is 7.19. The summed E-state index contributed by atoms with van der Waals surface area (Å²) in [6, 6.07) is 11.6. The normalized spacial score (nSPS) is 20.4. The average Bonchev–Trinajstić information content (AvgIpc) is 3.02. The Morgan fingerprint density at radius 1 is 1.32 bits per heavy atom. The lowest BCUT2D eigenvalue weighted by Gasteiger charge is -2.23. The molecule has 2 heterocycles. The highest BCUT2D eigenvalue weighted by Crippen LogP contribution is 2.29. The third-order valence-electron chi connectivity index (χ3n) is 4.03. The van der Waals surface area contributed by atoms with Gasteiger partial charge in [0.05, 0.1) is 0 Å². The molecule has 2 aromatic rings. The van der Waals surface area contributed by atoms with Crippen LogP contribution in [0.5, 0.6) is 0 Å². The topological polar surface area (TPSA) is 23.5 Å². The maximum absolute atomic E-state index is 8.98. The molecule has 1 aliphatic heterocycles. The molecule has 102 valence electrons. The van der Waals surface area contributed by atoms with Gasteiger partial charge in [0.2, 0.25) is 0 Å². The second-order valence-corrected chi connectivity index (χ2v) is 6.55. The first kappa shape index (κ1) is 13.1. The number of benzene rings is 1. The Labute approximate surface area is 118 Å². The van der Waals surface area contributed by atoms with E-state index in [0.717, 1.165) is 19.4 Å². The van der Waals surface area contributed by atoms with Crippen molar-refractivity contribution in [3.63, 3.8) is 0 Å². The third-order valence-corrected chi connectivity index (χ3v) is 5.13. The van der Waals surface area contributed by atoms with Gasteiger partial charge in [-0.15, -0.1) is 11.3 Å². The summed E-state index contributed by atoms with van der Waals surface area (Å²) in [5.41, 5.74) is 0. The van der Waals surface area contributed by atoms with Gasteiger partial charge >= 0.3 is 0 Å². The zero-order valence-corrected chi connectivity index (χ0v) is 12.0. The van der Waals surface area contributed by atoms with Gasteiger partial charge in [-0.1, -0.05) is 18.2 Å². The first-order chi connectivity index (χ1) is 9.36. The van der Waals surface area contributed by atoms with Crippen LogP contribution in [0.25, 0.3) is 10.1 Å². The predicted octanol–water partition coefficient (Wildman–Crippen LogP) is 3.64. The largest absolute Gasteiger partial charge is 0.396 e. The minimum Gasteiger partial charge on any atom is -0.396 e. The smallest absolute Gasteiger partial charge is 0.0431 e. The van der Waals surface area contributed by atoms with Crippen molar-refractivity contribution in [2.24, 2.45) is 0 Å². The van der Waals surface area contributed by atoms with E-state index in [1.165, 1.54) is 34.3 Å². The van der Waals surface area contributed by atoms with Crippen LogP contribution in [0.3, 0.4) is 0 Å². The van der Waals surface area contributed by atoms with Crippen LogP contribution in [0.2, 0.25) is 0 Å². The molecule has 1 fully saturated rings.